The standard InChI is InChI=1S/C8H7BrF3N/c1-4-6(8(10,11)12)3-7(9)5(2)13-4/h3H,1-2H3. The van der Waals surface area contributed by atoms with Crippen LogP contribution in [-0.2, 0) is 6.18 Å². The van der Waals surface area contributed by atoms with Crippen molar-refractivity contribution in [3.8, 4) is 0 Å². The summed E-state index contributed by atoms with van der Waals surface area (Å²) in [6, 6.07) is 1.05. The molecule has 1 nitrogen and oxygen atoms in total. The summed E-state index contributed by atoms with van der Waals surface area (Å²) in [6.45, 7) is 3.00. The molecule has 0 aliphatic carbocycles. The van der Waals surface area contributed by atoms with Gasteiger partial charge >= 0.3 is 6.18 Å². The molecule has 1 rings (SSSR count). The van der Waals surface area contributed by atoms with E-state index in [0.717, 1.165) is 6.07 Å². The molecular formula is C8H7BrF3N. The fourth-order valence-electron chi connectivity index (χ4n) is 0.988. The molecule has 0 N–H and O–H groups in total. The number of hydrogen-bond acceptors (Lipinski definition) is 1. The molecular weight excluding hydrogens is 247 g/mol. The van der Waals surface area contributed by atoms with E-state index in [1.165, 1.54) is 6.92 Å². The molecule has 13 heavy (non-hydrogen) atoms. The highest BCUT2D eigenvalue weighted by molar-refractivity contribution is 9.10. The SMILES string of the molecule is Cc1nc(C)c(C(F)(F)F)cc1Br. The van der Waals surface area contributed by atoms with E-state index in [4.69, 9.17) is 0 Å². The van der Waals surface area contributed by atoms with Crippen LogP contribution in [0.15, 0.2) is 10.5 Å². The third-order valence-corrected chi connectivity index (χ3v) is 2.45. The predicted octanol–water partition coefficient (Wildman–Crippen LogP) is 3.48. The molecule has 0 radical (unpaired) electrons. The fraction of sp³-hybridized carbons (Fsp3) is 0.375. The molecule has 0 saturated carbocycles. The minimum absolute atomic E-state index is 0.00759. The van der Waals surface area contributed by atoms with Crippen LogP contribution in [0, 0.1) is 13.8 Å². The molecule has 1 aromatic rings. The smallest absolute Gasteiger partial charge is 0.257 e. The predicted molar refractivity (Wildman–Crippen MR) is 46.4 cm³/mol. The van der Waals surface area contributed by atoms with Crippen LogP contribution in [0.5, 0.6) is 0 Å². The fourth-order valence-corrected chi connectivity index (χ4v) is 1.31. The Hall–Kier alpha value is -0.580. The Morgan fingerprint density at radius 2 is 1.77 bits per heavy atom. The Bertz CT molecular complexity index is 333. The average Bonchev–Trinajstić information content (AvgIpc) is 1.94. The molecule has 0 bridgehead atoms. The van der Waals surface area contributed by atoms with Gasteiger partial charge in [-0.05, 0) is 35.8 Å². The molecule has 1 heterocycles. The van der Waals surface area contributed by atoms with Crippen molar-refractivity contribution in [1.82, 2.24) is 4.98 Å². The zero-order valence-corrected chi connectivity index (χ0v) is 8.62. The van der Waals surface area contributed by atoms with Crippen LogP contribution in [0.4, 0.5) is 13.2 Å². The lowest BCUT2D eigenvalue weighted by molar-refractivity contribution is -0.138. The van der Waals surface area contributed by atoms with Crippen LogP contribution in [0.3, 0.4) is 0 Å². The molecule has 72 valence electrons. The van der Waals surface area contributed by atoms with Gasteiger partial charge in [-0.1, -0.05) is 0 Å². The van der Waals surface area contributed by atoms with Crippen LogP contribution in [0.2, 0.25) is 0 Å². The molecule has 0 atom stereocenters. The maximum absolute atomic E-state index is 12.3. The van der Waals surface area contributed by atoms with Crippen molar-refractivity contribution < 1.29 is 13.2 Å². The molecule has 0 spiro atoms. The second kappa shape index (κ2) is 3.29. The van der Waals surface area contributed by atoms with Gasteiger partial charge in [0, 0.05) is 10.2 Å². The number of hydrogen-bond donors (Lipinski definition) is 0. The van der Waals surface area contributed by atoms with E-state index in [1.807, 2.05) is 0 Å². The number of nitrogens with zero attached hydrogens (tertiary/aromatic N) is 1. The van der Waals surface area contributed by atoms with Crippen LogP contribution < -0.4 is 0 Å². The van der Waals surface area contributed by atoms with Crippen molar-refractivity contribution in [2.45, 2.75) is 20.0 Å². The highest BCUT2D eigenvalue weighted by atomic mass is 79.9. The molecule has 0 aromatic carbocycles. The van der Waals surface area contributed by atoms with Crippen molar-refractivity contribution >= 4 is 15.9 Å². The summed E-state index contributed by atoms with van der Waals surface area (Å²) in [5.41, 5.74) is -0.122. The molecule has 0 aliphatic rings. The molecule has 0 aliphatic heterocycles. The normalized spacial score (nSPS) is 11.8. The summed E-state index contributed by atoms with van der Waals surface area (Å²) in [7, 11) is 0. The summed E-state index contributed by atoms with van der Waals surface area (Å²) >= 11 is 3.01. The van der Waals surface area contributed by atoms with Gasteiger partial charge in [0.05, 0.1) is 11.3 Å². The molecule has 0 fully saturated rings. The molecule has 0 amide bonds. The summed E-state index contributed by atoms with van der Waals surface area (Å²) < 4.78 is 37.3. The van der Waals surface area contributed by atoms with Gasteiger partial charge in [0.25, 0.3) is 0 Å². The zero-order chi connectivity index (χ0) is 10.2. The zero-order valence-electron chi connectivity index (χ0n) is 7.04. The average molecular weight is 254 g/mol. The quantitative estimate of drug-likeness (QED) is 0.690. The Balaban J connectivity index is 3.32. The van der Waals surface area contributed by atoms with Crippen molar-refractivity contribution in [3.63, 3.8) is 0 Å². The van der Waals surface area contributed by atoms with Gasteiger partial charge in [0.1, 0.15) is 0 Å². The third kappa shape index (κ3) is 2.21. The van der Waals surface area contributed by atoms with Gasteiger partial charge in [-0.3, -0.25) is 4.98 Å². The van der Waals surface area contributed by atoms with Gasteiger partial charge in [0.2, 0.25) is 0 Å². The van der Waals surface area contributed by atoms with Crippen LogP contribution >= 0.6 is 15.9 Å². The van der Waals surface area contributed by atoms with Gasteiger partial charge in [0.15, 0.2) is 0 Å². The largest absolute Gasteiger partial charge is 0.418 e. The van der Waals surface area contributed by atoms with Crippen molar-refractivity contribution in [3.05, 3.63) is 27.5 Å². The van der Waals surface area contributed by atoms with Gasteiger partial charge in [-0.2, -0.15) is 13.2 Å². The van der Waals surface area contributed by atoms with Crippen LogP contribution in [0.1, 0.15) is 17.0 Å². The highest BCUT2D eigenvalue weighted by Gasteiger charge is 2.33. The number of alkyl halides is 3. The van der Waals surface area contributed by atoms with E-state index in [9.17, 15) is 13.2 Å². The Kier molecular flexibility index (Phi) is 2.66. The molecule has 5 heteroatoms. The Labute approximate surface area is 82.1 Å². The van der Waals surface area contributed by atoms with Gasteiger partial charge in [-0.15, -0.1) is 0 Å². The third-order valence-electron chi connectivity index (χ3n) is 1.65. The Morgan fingerprint density at radius 3 is 2.23 bits per heavy atom. The van der Waals surface area contributed by atoms with E-state index in [1.54, 1.807) is 6.92 Å². The van der Waals surface area contributed by atoms with Crippen molar-refractivity contribution in [2.24, 2.45) is 0 Å². The minimum Gasteiger partial charge on any atom is -0.257 e. The first kappa shape index (κ1) is 10.5. The molecule has 1 aromatic heterocycles. The van der Waals surface area contributed by atoms with E-state index in [2.05, 4.69) is 20.9 Å². The number of pyridine rings is 1. The second-order valence-electron chi connectivity index (χ2n) is 2.69. The minimum atomic E-state index is -4.33. The summed E-state index contributed by atoms with van der Waals surface area (Å²) in [5.74, 6) is 0. The van der Waals surface area contributed by atoms with E-state index >= 15 is 0 Å². The second-order valence-corrected chi connectivity index (χ2v) is 3.54. The lowest BCUT2D eigenvalue weighted by atomic mass is 10.2. The lowest BCUT2D eigenvalue weighted by Crippen LogP contribution is -2.09. The van der Waals surface area contributed by atoms with Crippen molar-refractivity contribution in [2.75, 3.05) is 0 Å². The van der Waals surface area contributed by atoms with Crippen molar-refractivity contribution in [1.29, 1.82) is 0 Å². The first-order valence-electron chi connectivity index (χ1n) is 3.53. The maximum atomic E-state index is 12.3. The topological polar surface area (TPSA) is 12.9 Å². The molecule has 0 saturated heterocycles. The van der Waals surface area contributed by atoms with E-state index in [-0.39, 0.29) is 5.69 Å². The highest BCUT2D eigenvalue weighted by Crippen LogP contribution is 2.33. The van der Waals surface area contributed by atoms with E-state index in [0.29, 0.717) is 10.2 Å². The number of aryl methyl sites for hydroxylation is 2. The number of halogens is 4. The maximum Gasteiger partial charge on any atom is 0.418 e. The van der Waals surface area contributed by atoms with Gasteiger partial charge in [-0.25, -0.2) is 0 Å². The number of aromatic nitrogens is 1. The number of rotatable bonds is 0. The Morgan fingerprint density at radius 1 is 1.23 bits per heavy atom. The summed E-state index contributed by atoms with van der Waals surface area (Å²) in [5, 5.41) is 0. The monoisotopic (exact) mass is 253 g/mol. The van der Waals surface area contributed by atoms with E-state index < -0.39 is 11.7 Å². The molecule has 0 unspecified atom stereocenters. The lowest BCUT2D eigenvalue weighted by Gasteiger charge is -2.10. The first-order chi connectivity index (χ1) is 5.82. The van der Waals surface area contributed by atoms with Gasteiger partial charge < -0.3 is 0 Å². The first-order valence-corrected chi connectivity index (χ1v) is 4.32. The summed E-state index contributed by atoms with van der Waals surface area (Å²) in [6.07, 6.45) is -4.33. The van der Waals surface area contributed by atoms with Crippen LogP contribution in [-0.4, -0.2) is 4.98 Å². The van der Waals surface area contributed by atoms with Crippen LogP contribution in [0.25, 0.3) is 0 Å². The summed E-state index contributed by atoms with van der Waals surface area (Å²) in [4.78, 5) is 3.77.